The number of nitrogens with two attached hydrogens (primary N) is 1. The number of carbonyl (C=O) groups excluding carboxylic acids is 1. The lowest BCUT2D eigenvalue weighted by molar-refractivity contribution is -0.124. The average molecular weight is 345 g/mol. The molecule has 2 N–H and O–H groups in total. The molecule has 1 aromatic heterocycles. The van der Waals surface area contributed by atoms with Crippen molar-refractivity contribution >= 4 is 5.91 Å². The highest BCUT2D eigenvalue weighted by Crippen LogP contribution is 2.25. The summed E-state index contributed by atoms with van der Waals surface area (Å²) >= 11 is 0. The normalized spacial score (nSPS) is 20.5. The summed E-state index contributed by atoms with van der Waals surface area (Å²) in [6, 6.07) is 5.73. The second kappa shape index (κ2) is 7.33. The van der Waals surface area contributed by atoms with E-state index in [1.807, 2.05) is 17.8 Å². The molecule has 2 aromatic rings. The Kier molecular flexibility index (Phi) is 5.15. The summed E-state index contributed by atoms with van der Waals surface area (Å²) < 4.78 is 15.2. The molecule has 2 atom stereocenters. The van der Waals surface area contributed by atoms with E-state index < -0.39 is 11.9 Å². The van der Waals surface area contributed by atoms with Crippen molar-refractivity contribution in [2.75, 3.05) is 19.6 Å². The van der Waals surface area contributed by atoms with Gasteiger partial charge in [0.1, 0.15) is 17.7 Å². The molecule has 0 radical (unpaired) electrons. The third-order valence-corrected chi connectivity index (χ3v) is 4.88. The number of piperazine rings is 1. The number of primary amides is 1. The van der Waals surface area contributed by atoms with E-state index in [0.29, 0.717) is 0 Å². The number of aryl methyl sites for hydroxylation is 1. The van der Waals surface area contributed by atoms with Gasteiger partial charge in [0.2, 0.25) is 5.91 Å². The fourth-order valence-corrected chi connectivity index (χ4v) is 3.42. The average Bonchev–Trinajstić information content (AvgIpc) is 2.97. The third-order valence-electron chi connectivity index (χ3n) is 4.88. The fraction of sp³-hybridized carbons (Fsp3) is 0.444. The molecule has 0 spiro atoms. The summed E-state index contributed by atoms with van der Waals surface area (Å²) in [5.41, 5.74) is 6.38. The van der Waals surface area contributed by atoms with Crippen LogP contribution in [0.3, 0.4) is 0 Å². The molecule has 2 heterocycles. The lowest BCUT2D eigenvalue weighted by Crippen LogP contribution is -2.54. The number of imidazole rings is 1. The second-order valence-electron chi connectivity index (χ2n) is 6.63. The van der Waals surface area contributed by atoms with Crippen LogP contribution in [-0.2, 0) is 18.4 Å². The van der Waals surface area contributed by atoms with Gasteiger partial charge in [0.15, 0.2) is 0 Å². The van der Waals surface area contributed by atoms with Crippen LogP contribution in [0.15, 0.2) is 36.7 Å². The van der Waals surface area contributed by atoms with Crippen LogP contribution in [0.5, 0.6) is 0 Å². The number of hydrogen-bond acceptors (Lipinski definition) is 4. The summed E-state index contributed by atoms with van der Waals surface area (Å²) in [7, 11) is 1.99. The molecule has 0 aliphatic carbocycles. The summed E-state index contributed by atoms with van der Waals surface area (Å²) in [4.78, 5) is 20.8. The zero-order valence-corrected chi connectivity index (χ0v) is 14.6. The van der Waals surface area contributed by atoms with Gasteiger partial charge in [-0.2, -0.15) is 0 Å². The van der Waals surface area contributed by atoms with Crippen molar-refractivity contribution in [1.29, 1.82) is 0 Å². The summed E-state index contributed by atoms with van der Waals surface area (Å²) in [6.45, 7) is 5.17. The molecular weight excluding hydrogens is 321 g/mol. The molecule has 1 aromatic carbocycles. The van der Waals surface area contributed by atoms with Gasteiger partial charge < -0.3 is 10.3 Å². The monoisotopic (exact) mass is 345 g/mol. The van der Waals surface area contributed by atoms with E-state index >= 15 is 0 Å². The zero-order valence-electron chi connectivity index (χ0n) is 14.6. The van der Waals surface area contributed by atoms with Gasteiger partial charge in [-0.15, -0.1) is 0 Å². The predicted octanol–water partition coefficient (Wildman–Crippen LogP) is 1.29. The van der Waals surface area contributed by atoms with Gasteiger partial charge >= 0.3 is 0 Å². The summed E-state index contributed by atoms with van der Waals surface area (Å²) in [6.07, 6.45) is 3.74. The Morgan fingerprint density at radius 1 is 1.36 bits per heavy atom. The molecule has 0 unspecified atom stereocenters. The first kappa shape index (κ1) is 17.6. The Morgan fingerprint density at radius 2 is 2.08 bits per heavy atom. The second-order valence-corrected chi connectivity index (χ2v) is 6.63. The van der Waals surface area contributed by atoms with E-state index in [1.165, 1.54) is 12.1 Å². The Labute approximate surface area is 147 Å². The highest BCUT2D eigenvalue weighted by Gasteiger charge is 2.32. The lowest BCUT2D eigenvalue weighted by Gasteiger charge is -2.42. The van der Waals surface area contributed by atoms with Crippen molar-refractivity contribution in [3.63, 3.8) is 0 Å². The molecule has 1 aliphatic heterocycles. The molecule has 1 fully saturated rings. The molecule has 25 heavy (non-hydrogen) atoms. The molecule has 134 valence electrons. The minimum Gasteiger partial charge on any atom is -0.368 e. The van der Waals surface area contributed by atoms with Crippen LogP contribution < -0.4 is 5.73 Å². The number of halogens is 1. The minimum atomic E-state index is -0.529. The lowest BCUT2D eigenvalue weighted by atomic mass is 10.0. The number of rotatable bonds is 5. The molecule has 7 heteroatoms. The minimum absolute atomic E-state index is 0.257. The molecule has 6 nitrogen and oxygen atoms in total. The quantitative estimate of drug-likeness (QED) is 0.887. The highest BCUT2D eigenvalue weighted by atomic mass is 19.1. The highest BCUT2D eigenvalue weighted by molar-refractivity contribution is 5.81. The topological polar surface area (TPSA) is 67.4 Å². The van der Waals surface area contributed by atoms with Gasteiger partial charge in [-0.1, -0.05) is 12.1 Å². The Hall–Kier alpha value is -2.25. The molecule has 0 bridgehead atoms. The number of amides is 1. The molecule has 1 aliphatic rings. The number of nitrogens with zero attached hydrogens (tertiary/aromatic N) is 4. The van der Waals surface area contributed by atoms with Gasteiger partial charge in [-0.25, -0.2) is 9.37 Å². The van der Waals surface area contributed by atoms with Crippen LogP contribution in [0.1, 0.15) is 24.4 Å². The Bertz CT molecular complexity index is 729. The van der Waals surface area contributed by atoms with Crippen molar-refractivity contribution < 1.29 is 9.18 Å². The SMILES string of the molecule is C[C@@H]1CN([C@@H](C(N)=O)c2ccc(F)cc2)CCN1Cc1nccn1C. The van der Waals surface area contributed by atoms with Crippen LogP contribution in [0, 0.1) is 5.82 Å². The molecule has 1 amide bonds. The molecule has 0 saturated carbocycles. The van der Waals surface area contributed by atoms with E-state index in [2.05, 4.69) is 21.7 Å². The molecule has 1 saturated heterocycles. The van der Waals surface area contributed by atoms with E-state index in [9.17, 15) is 9.18 Å². The van der Waals surface area contributed by atoms with E-state index in [-0.39, 0.29) is 11.9 Å². The van der Waals surface area contributed by atoms with Gasteiger partial charge in [0.05, 0.1) is 6.54 Å². The Morgan fingerprint density at radius 3 is 2.64 bits per heavy atom. The maximum Gasteiger partial charge on any atom is 0.239 e. The van der Waals surface area contributed by atoms with Crippen LogP contribution in [0.2, 0.25) is 0 Å². The number of hydrogen-bond donors (Lipinski definition) is 1. The van der Waals surface area contributed by atoms with Crippen LogP contribution in [0.4, 0.5) is 4.39 Å². The molecular formula is C18H24FN5O. The first-order chi connectivity index (χ1) is 12.0. The Balaban J connectivity index is 1.70. The van der Waals surface area contributed by atoms with Crippen LogP contribution in [-0.4, -0.2) is 50.9 Å². The molecule has 3 rings (SSSR count). The third kappa shape index (κ3) is 3.88. The largest absolute Gasteiger partial charge is 0.368 e. The standard InChI is InChI=1S/C18H24FN5O/c1-13-11-24(10-9-23(13)12-16-21-7-8-22(16)2)17(18(20)25)14-3-5-15(19)6-4-14/h3-8,13,17H,9-12H2,1-2H3,(H2,20,25)/t13-,17-/m1/s1. The van der Waals surface area contributed by atoms with Crippen molar-refractivity contribution in [3.8, 4) is 0 Å². The van der Waals surface area contributed by atoms with Gasteiger partial charge in [0, 0.05) is 45.1 Å². The van der Waals surface area contributed by atoms with Crippen molar-refractivity contribution in [2.45, 2.75) is 25.6 Å². The number of benzene rings is 1. The van der Waals surface area contributed by atoms with Crippen LogP contribution >= 0.6 is 0 Å². The first-order valence-electron chi connectivity index (χ1n) is 8.45. The maximum absolute atomic E-state index is 13.2. The summed E-state index contributed by atoms with van der Waals surface area (Å²) in [5.74, 6) is 0.293. The smallest absolute Gasteiger partial charge is 0.239 e. The zero-order chi connectivity index (χ0) is 18.0. The van der Waals surface area contributed by atoms with Gasteiger partial charge in [-0.3, -0.25) is 14.6 Å². The number of carbonyl (C=O) groups is 1. The van der Waals surface area contributed by atoms with E-state index in [1.54, 1.807) is 18.3 Å². The van der Waals surface area contributed by atoms with Gasteiger partial charge in [-0.05, 0) is 24.6 Å². The van der Waals surface area contributed by atoms with Crippen molar-refractivity contribution in [3.05, 3.63) is 53.9 Å². The number of aromatic nitrogens is 2. The first-order valence-corrected chi connectivity index (χ1v) is 8.45. The van der Waals surface area contributed by atoms with Gasteiger partial charge in [0.25, 0.3) is 0 Å². The van der Waals surface area contributed by atoms with E-state index in [0.717, 1.165) is 37.6 Å². The van der Waals surface area contributed by atoms with Crippen molar-refractivity contribution in [2.24, 2.45) is 12.8 Å². The fourth-order valence-electron chi connectivity index (χ4n) is 3.42. The maximum atomic E-state index is 13.2. The van der Waals surface area contributed by atoms with Crippen LogP contribution in [0.25, 0.3) is 0 Å². The predicted molar refractivity (Wildman–Crippen MR) is 93.0 cm³/mol. The van der Waals surface area contributed by atoms with Crippen molar-refractivity contribution in [1.82, 2.24) is 19.4 Å². The van der Waals surface area contributed by atoms with E-state index in [4.69, 9.17) is 5.73 Å². The summed E-state index contributed by atoms with van der Waals surface area (Å²) in [5, 5.41) is 0.